The molecule has 1 aromatic heterocycles. The standard InChI is InChI=1S/C29H18BrCl2N3O3/c1-17-6-8-18(9-7-17)27-34-25-5-3-2-4-23(25)28(36)35(27)33-16-19-14-20(30)10-13-26(19)38-29(37)22-12-11-21(31)15-24(22)32/h2-16H,1H3. The van der Waals surface area contributed by atoms with Gasteiger partial charge in [0.15, 0.2) is 5.82 Å². The van der Waals surface area contributed by atoms with Gasteiger partial charge >= 0.3 is 5.97 Å². The molecule has 1 heterocycles. The van der Waals surface area contributed by atoms with Gasteiger partial charge in [-0.3, -0.25) is 4.79 Å². The number of carbonyl (C=O) groups is 1. The third-order valence-corrected chi connectivity index (χ3v) is 6.74. The number of carbonyl (C=O) groups excluding carboxylic acids is 1. The molecule has 0 saturated heterocycles. The molecule has 0 bridgehead atoms. The van der Waals surface area contributed by atoms with Crippen LogP contribution in [0, 0.1) is 6.92 Å². The first kappa shape index (κ1) is 25.9. The molecule has 0 saturated carbocycles. The number of fused-ring (bicyclic) bond motifs is 1. The minimum Gasteiger partial charge on any atom is -0.422 e. The van der Waals surface area contributed by atoms with Gasteiger partial charge in [0, 0.05) is 20.6 Å². The lowest BCUT2D eigenvalue weighted by atomic mass is 10.1. The molecule has 0 fully saturated rings. The maximum absolute atomic E-state index is 13.5. The van der Waals surface area contributed by atoms with Crippen molar-refractivity contribution in [2.24, 2.45) is 5.10 Å². The van der Waals surface area contributed by atoms with Gasteiger partial charge in [-0.15, -0.1) is 0 Å². The summed E-state index contributed by atoms with van der Waals surface area (Å²) < 4.78 is 7.62. The summed E-state index contributed by atoms with van der Waals surface area (Å²) in [5.74, 6) is -0.0494. The van der Waals surface area contributed by atoms with Crippen molar-refractivity contribution in [3.63, 3.8) is 0 Å². The first-order valence-electron chi connectivity index (χ1n) is 11.4. The number of benzene rings is 4. The highest BCUT2D eigenvalue weighted by Crippen LogP contribution is 2.26. The Bertz CT molecular complexity index is 1780. The van der Waals surface area contributed by atoms with Crippen LogP contribution in [0.15, 0.2) is 99.3 Å². The molecular formula is C29H18BrCl2N3O3. The molecule has 188 valence electrons. The van der Waals surface area contributed by atoms with Crippen molar-refractivity contribution in [1.29, 1.82) is 0 Å². The normalized spacial score (nSPS) is 11.3. The minimum absolute atomic E-state index is 0.165. The molecule has 0 unspecified atom stereocenters. The summed E-state index contributed by atoms with van der Waals surface area (Å²) in [6, 6.07) is 24.4. The van der Waals surface area contributed by atoms with Gasteiger partial charge in [0.25, 0.3) is 5.56 Å². The topological polar surface area (TPSA) is 73.6 Å². The number of aromatic nitrogens is 2. The lowest BCUT2D eigenvalue weighted by Gasteiger charge is -2.11. The monoisotopic (exact) mass is 605 g/mol. The van der Waals surface area contributed by atoms with E-state index in [0.717, 1.165) is 15.6 Å². The SMILES string of the molecule is Cc1ccc(-c2nc3ccccc3c(=O)n2N=Cc2cc(Br)ccc2OC(=O)c2ccc(Cl)cc2Cl)cc1. The molecule has 0 aliphatic carbocycles. The smallest absolute Gasteiger partial charge is 0.345 e. The first-order valence-corrected chi connectivity index (χ1v) is 12.9. The molecule has 0 aliphatic rings. The maximum atomic E-state index is 13.5. The van der Waals surface area contributed by atoms with Crippen LogP contribution in [-0.4, -0.2) is 21.8 Å². The molecule has 0 aliphatic heterocycles. The van der Waals surface area contributed by atoms with Gasteiger partial charge in [-0.25, -0.2) is 9.78 Å². The highest BCUT2D eigenvalue weighted by molar-refractivity contribution is 9.10. The van der Waals surface area contributed by atoms with Crippen molar-refractivity contribution >= 4 is 62.2 Å². The zero-order valence-electron chi connectivity index (χ0n) is 19.9. The third kappa shape index (κ3) is 5.41. The fraction of sp³-hybridized carbons (Fsp3) is 0.0345. The van der Waals surface area contributed by atoms with Crippen molar-refractivity contribution in [3.05, 3.63) is 126 Å². The van der Waals surface area contributed by atoms with Crippen LogP contribution in [0.2, 0.25) is 10.0 Å². The van der Waals surface area contributed by atoms with E-state index in [1.807, 2.05) is 37.3 Å². The number of nitrogens with zero attached hydrogens (tertiary/aromatic N) is 3. The summed E-state index contributed by atoms with van der Waals surface area (Å²) in [4.78, 5) is 31.1. The van der Waals surface area contributed by atoms with Crippen LogP contribution in [0.5, 0.6) is 5.75 Å². The molecule has 0 radical (unpaired) electrons. The van der Waals surface area contributed by atoms with E-state index in [1.54, 1.807) is 42.5 Å². The Labute approximate surface area is 236 Å². The highest BCUT2D eigenvalue weighted by atomic mass is 79.9. The molecule has 5 aromatic rings. The van der Waals surface area contributed by atoms with Gasteiger partial charge < -0.3 is 4.74 Å². The van der Waals surface area contributed by atoms with Crippen LogP contribution in [0.25, 0.3) is 22.3 Å². The van der Waals surface area contributed by atoms with E-state index < -0.39 is 5.97 Å². The van der Waals surface area contributed by atoms with Crippen molar-refractivity contribution < 1.29 is 9.53 Å². The maximum Gasteiger partial charge on any atom is 0.345 e. The zero-order valence-corrected chi connectivity index (χ0v) is 23.0. The van der Waals surface area contributed by atoms with Crippen LogP contribution in [0.3, 0.4) is 0 Å². The van der Waals surface area contributed by atoms with E-state index >= 15 is 0 Å². The molecule has 0 amide bonds. The summed E-state index contributed by atoms with van der Waals surface area (Å²) in [5, 5.41) is 5.50. The van der Waals surface area contributed by atoms with Crippen molar-refractivity contribution in [2.45, 2.75) is 6.92 Å². The van der Waals surface area contributed by atoms with E-state index in [0.29, 0.717) is 27.3 Å². The summed E-state index contributed by atoms with van der Waals surface area (Å²) in [5.41, 5.74) is 2.66. The Morgan fingerprint density at radius 2 is 1.76 bits per heavy atom. The number of para-hydroxylation sites is 1. The molecule has 6 nitrogen and oxygen atoms in total. The number of hydrogen-bond donors (Lipinski definition) is 0. The van der Waals surface area contributed by atoms with Gasteiger partial charge in [-0.1, -0.05) is 81.1 Å². The van der Waals surface area contributed by atoms with Crippen molar-refractivity contribution in [1.82, 2.24) is 9.66 Å². The van der Waals surface area contributed by atoms with E-state index in [-0.39, 0.29) is 21.9 Å². The number of rotatable bonds is 5. The Balaban J connectivity index is 1.59. The van der Waals surface area contributed by atoms with Gasteiger partial charge in [-0.05, 0) is 55.5 Å². The number of esters is 1. The second kappa shape index (κ2) is 10.9. The number of halogens is 3. The minimum atomic E-state index is -0.659. The van der Waals surface area contributed by atoms with Crippen molar-refractivity contribution in [3.8, 4) is 17.1 Å². The van der Waals surface area contributed by atoms with Crippen LogP contribution < -0.4 is 10.3 Å². The van der Waals surface area contributed by atoms with Crippen LogP contribution in [0.4, 0.5) is 0 Å². The Hall–Kier alpha value is -3.78. The predicted octanol–water partition coefficient (Wildman–Crippen LogP) is 7.54. The summed E-state index contributed by atoms with van der Waals surface area (Å²) in [7, 11) is 0. The quantitative estimate of drug-likeness (QED) is 0.118. The average Bonchev–Trinajstić information content (AvgIpc) is 2.90. The number of hydrogen-bond acceptors (Lipinski definition) is 5. The predicted molar refractivity (Wildman–Crippen MR) is 155 cm³/mol. The van der Waals surface area contributed by atoms with E-state index in [2.05, 4.69) is 21.0 Å². The fourth-order valence-electron chi connectivity index (χ4n) is 3.76. The number of ether oxygens (including phenoxy) is 1. The van der Waals surface area contributed by atoms with Crippen LogP contribution >= 0.6 is 39.1 Å². The fourth-order valence-corrected chi connectivity index (χ4v) is 4.63. The summed E-state index contributed by atoms with van der Waals surface area (Å²) in [6.07, 6.45) is 1.45. The van der Waals surface area contributed by atoms with E-state index in [4.69, 9.17) is 32.9 Å². The molecule has 0 N–H and O–H groups in total. The molecule has 4 aromatic carbocycles. The third-order valence-electron chi connectivity index (χ3n) is 5.70. The molecule has 38 heavy (non-hydrogen) atoms. The molecule has 0 atom stereocenters. The van der Waals surface area contributed by atoms with E-state index in [1.165, 1.54) is 23.0 Å². The Kier molecular flexibility index (Phi) is 7.42. The van der Waals surface area contributed by atoms with Gasteiger partial charge in [-0.2, -0.15) is 9.78 Å². The summed E-state index contributed by atoms with van der Waals surface area (Å²) in [6.45, 7) is 1.98. The Morgan fingerprint density at radius 3 is 2.53 bits per heavy atom. The lowest BCUT2D eigenvalue weighted by molar-refractivity contribution is 0.0734. The first-order chi connectivity index (χ1) is 18.3. The highest BCUT2D eigenvalue weighted by Gasteiger charge is 2.16. The molecular weight excluding hydrogens is 589 g/mol. The second-order valence-electron chi connectivity index (χ2n) is 8.38. The van der Waals surface area contributed by atoms with E-state index in [9.17, 15) is 9.59 Å². The van der Waals surface area contributed by atoms with Crippen molar-refractivity contribution in [2.75, 3.05) is 0 Å². The average molecular weight is 607 g/mol. The van der Waals surface area contributed by atoms with Gasteiger partial charge in [0.1, 0.15) is 5.75 Å². The number of aryl methyl sites for hydroxylation is 1. The largest absolute Gasteiger partial charge is 0.422 e. The van der Waals surface area contributed by atoms with Gasteiger partial charge in [0.2, 0.25) is 0 Å². The molecule has 0 spiro atoms. The second-order valence-corrected chi connectivity index (χ2v) is 10.1. The van der Waals surface area contributed by atoms with Gasteiger partial charge in [0.05, 0.1) is 27.7 Å². The Morgan fingerprint density at radius 1 is 1.00 bits per heavy atom. The van der Waals surface area contributed by atoms with Crippen LogP contribution in [0.1, 0.15) is 21.5 Å². The zero-order chi connectivity index (χ0) is 26.8. The summed E-state index contributed by atoms with van der Waals surface area (Å²) >= 11 is 15.6. The molecule has 5 rings (SSSR count). The lowest BCUT2D eigenvalue weighted by Crippen LogP contribution is -2.20. The molecule has 9 heteroatoms. The van der Waals surface area contributed by atoms with Crippen LogP contribution in [-0.2, 0) is 0 Å².